The summed E-state index contributed by atoms with van der Waals surface area (Å²) in [5.41, 5.74) is 2.03. The lowest BCUT2D eigenvalue weighted by atomic mass is 10.3. The summed E-state index contributed by atoms with van der Waals surface area (Å²) in [4.78, 5) is 4.90. The Bertz CT molecular complexity index is 1020. The number of fused-ring (bicyclic) bond motifs is 1. The average Bonchev–Trinajstić information content (AvgIpc) is 3.00. The van der Waals surface area contributed by atoms with E-state index in [0.717, 1.165) is 29.8 Å². The van der Waals surface area contributed by atoms with E-state index in [1.807, 2.05) is 38.1 Å². The number of sulfonamides is 1. The number of aryl methyl sites for hydroxylation is 1. The maximum atomic E-state index is 12.6. The Hall–Kier alpha value is -2.38. The molecule has 0 aliphatic carbocycles. The van der Waals surface area contributed by atoms with Crippen LogP contribution in [0.25, 0.3) is 11.0 Å². The normalized spacial score (nSPS) is 12.0. The lowest BCUT2D eigenvalue weighted by molar-refractivity contribution is 0.242. The van der Waals surface area contributed by atoms with E-state index < -0.39 is 10.0 Å². The van der Waals surface area contributed by atoms with Gasteiger partial charge in [-0.25, -0.2) is 18.1 Å². The first-order valence-electron chi connectivity index (χ1n) is 9.61. The van der Waals surface area contributed by atoms with Crippen LogP contribution in [0.4, 0.5) is 0 Å². The fourth-order valence-corrected chi connectivity index (χ4v) is 4.17. The van der Waals surface area contributed by atoms with Crippen molar-refractivity contribution in [1.29, 1.82) is 0 Å². The molecule has 0 aliphatic heterocycles. The third-order valence-corrected chi connectivity index (χ3v) is 5.80. The zero-order valence-electron chi connectivity index (χ0n) is 16.6. The van der Waals surface area contributed by atoms with Crippen LogP contribution in [0.3, 0.4) is 0 Å². The number of nitrogens with zero attached hydrogens (tertiary/aromatic N) is 2. The van der Waals surface area contributed by atoms with E-state index in [-0.39, 0.29) is 11.0 Å². The molecule has 28 heavy (non-hydrogen) atoms. The molecule has 0 amide bonds. The third kappa shape index (κ3) is 4.72. The molecule has 0 atom stereocenters. The standard InChI is InChI=1S/C21H27N3O3S/c1-4-15-24-20-8-6-5-7-19(20)23-21(24)13-14-22-28(25,26)18-11-9-17(10-12-18)27-16(2)3/h5-12,16,22H,4,13-15H2,1-3H3. The van der Waals surface area contributed by atoms with Gasteiger partial charge in [0.1, 0.15) is 11.6 Å². The molecule has 7 heteroatoms. The van der Waals surface area contributed by atoms with Crippen LogP contribution in [0.5, 0.6) is 5.75 Å². The van der Waals surface area contributed by atoms with Gasteiger partial charge < -0.3 is 9.30 Å². The Labute approximate surface area is 166 Å². The van der Waals surface area contributed by atoms with Crippen LogP contribution in [0.1, 0.15) is 33.0 Å². The highest BCUT2D eigenvalue weighted by Crippen LogP contribution is 2.18. The molecule has 0 radical (unpaired) electrons. The van der Waals surface area contributed by atoms with Crippen molar-refractivity contribution in [2.45, 2.75) is 51.2 Å². The van der Waals surface area contributed by atoms with Crippen molar-refractivity contribution in [3.05, 3.63) is 54.4 Å². The van der Waals surface area contributed by atoms with E-state index in [0.29, 0.717) is 18.7 Å². The number of imidazole rings is 1. The fraction of sp³-hybridized carbons (Fsp3) is 0.381. The first-order valence-corrected chi connectivity index (χ1v) is 11.1. The van der Waals surface area contributed by atoms with Crippen molar-refractivity contribution in [2.24, 2.45) is 0 Å². The number of hydrogen-bond acceptors (Lipinski definition) is 4. The van der Waals surface area contributed by atoms with Gasteiger partial charge in [0.2, 0.25) is 10.0 Å². The van der Waals surface area contributed by atoms with Gasteiger partial charge in [0, 0.05) is 19.5 Å². The van der Waals surface area contributed by atoms with Crippen LogP contribution in [0.2, 0.25) is 0 Å². The van der Waals surface area contributed by atoms with Crippen molar-refractivity contribution < 1.29 is 13.2 Å². The van der Waals surface area contributed by atoms with Gasteiger partial charge in [-0.05, 0) is 56.7 Å². The van der Waals surface area contributed by atoms with Crippen LogP contribution >= 0.6 is 0 Å². The number of rotatable bonds is 9. The van der Waals surface area contributed by atoms with Gasteiger partial charge in [0.15, 0.2) is 0 Å². The van der Waals surface area contributed by atoms with Crippen molar-refractivity contribution in [3.63, 3.8) is 0 Å². The summed E-state index contributed by atoms with van der Waals surface area (Å²) in [6.45, 7) is 7.13. The topological polar surface area (TPSA) is 73.2 Å². The fourth-order valence-electron chi connectivity index (χ4n) is 3.14. The van der Waals surface area contributed by atoms with Crippen molar-refractivity contribution in [2.75, 3.05) is 6.54 Å². The Morgan fingerprint density at radius 2 is 1.82 bits per heavy atom. The SMILES string of the molecule is CCCn1c(CCNS(=O)(=O)c2ccc(OC(C)C)cc2)nc2ccccc21. The highest BCUT2D eigenvalue weighted by Gasteiger charge is 2.15. The quantitative estimate of drug-likeness (QED) is 0.593. The van der Waals surface area contributed by atoms with Crippen LogP contribution in [0, 0.1) is 0 Å². The Morgan fingerprint density at radius 1 is 1.11 bits per heavy atom. The number of nitrogens with one attached hydrogen (secondary N) is 1. The smallest absolute Gasteiger partial charge is 0.240 e. The van der Waals surface area contributed by atoms with Gasteiger partial charge in [0.05, 0.1) is 22.0 Å². The minimum absolute atomic E-state index is 0.0444. The molecule has 0 saturated heterocycles. The van der Waals surface area contributed by atoms with Crippen molar-refractivity contribution >= 4 is 21.1 Å². The largest absolute Gasteiger partial charge is 0.491 e. The average molecular weight is 402 g/mol. The minimum atomic E-state index is -3.57. The summed E-state index contributed by atoms with van der Waals surface area (Å²) in [7, 11) is -3.57. The first kappa shape index (κ1) is 20.4. The van der Waals surface area contributed by atoms with Crippen LogP contribution < -0.4 is 9.46 Å². The van der Waals surface area contributed by atoms with Gasteiger partial charge >= 0.3 is 0 Å². The summed E-state index contributed by atoms with van der Waals surface area (Å²) in [5.74, 6) is 1.55. The lowest BCUT2D eigenvalue weighted by Crippen LogP contribution is -2.26. The Morgan fingerprint density at radius 3 is 2.50 bits per heavy atom. The highest BCUT2D eigenvalue weighted by atomic mass is 32.2. The van der Waals surface area contributed by atoms with E-state index in [9.17, 15) is 8.42 Å². The van der Waals surface area contributed by atoms with E-state index in [1.54, 1.807) is 24.3 Å². The van der Waals surface area contributed by atoms with Crippen LogP contribution in [-0.2, 0) is 23.0 Å². The van der Waals surface area contributed by atoms with Gasteiger partial charge in [-0.2, -0.15) is 0 Å². The molecule has 0 fully saturated rings. The summed E-state index contributed by atoms with van der Waals surface area (Å²) < 4.78 is 35.5. The second-order valence-corrected chi connectivity index (χ2v) is 8.72. The van der Waals surface area contributed by atoms with Gasteiger partial charge in [0.25, 0.3) is 0 Å². The van der Waals surface area contributed by atoms with Gasteiger partial charge in [-0.1, -0.05) is 19.1 Å². The molecule has 3 aromatic rings. The number of benzene rings is 2. The molecule has 150 valence electrons. The molecular weight excluding hydrogens is 374 g/mol. The zero-order chi connectivity index (χ0) is 20.1. The monoisotopic (exact) mass is 401 g/mol. The summed E-state index contributed by atoms with van der Waals surface area (Å²) in [5, 5.41) is 0. The maximum Gasteiger partial charge on any atom is 0.240 e. The molecule has 1 N–H and O–H groups in total. The molecule has 0 spiro atoms. The number of hydrogen-bond donors (Lipinski definition) is 1. The molecule has 1 aromatic heterocycles. The molecule has 0 aliphatic rings. The van der Waals surface area contributed by atoms with Crippen molar-refractivity contribution in [3.8, 4) is 5.75 Å². The summed E-state index contributed by atoms with van der Waals surface area (Å²) in [6, 6.07) is 14.5. The van der Waals surface area contributed by atoms with Crippen LogP contribution in [-0.4, -0.2) is 30.6 Å². The predicted molar refractivity (Wildman–Crippen MR) is 111 cm³/mol. The number of ether oxygens (including phenoxy) is 1. The maximum absolute atomic E-state index is 12.6. The summed E-state index contributed by atoms with van der Waals surface area (Å²) >= 11 is 0. The number of aromatic nitrogens is 2. The number of para-hydroxylation sites is 2. The molecule has 2 aromatic carbocycles. The van der Waals surface area contributed by atoms with E-state index in [2.05, 4.69) is 21.2 Å². The van der Waals surface area contributed by atoms with Gasteiger partial charge in [-0.3, -0.25) is 0 Å². The molecule has 6 nitrogen and oxygen atoms in total. The van der Waals surface area contributed by atoms with Crippen molar-refractivity contribution in [1.82, 2.24) is 14.3 Å². The molecular formula is C21H27N3O3S. The zero-order valence-corrected chi connectivity index (χ0v) is 17.4. The first-order chi connectivity index (χ1) is 13.4. The molecule has 0 unspecified atom stereocenters. The Kier molecular flexibility index (Phi) is 6.36. The van der Waals surface area contributed by atoms with E-state index in [1.165, 1.54) is 0 Å². The lowest BCUT2D eigenvalue weighted by Gasteiger charge is -2.11. The molecule has 0 bridgehead atoms. The minimum Gasteiger partial charge on any atom is -0.491 e. The van der Waals surface area contributed by atoms with Crippen LogP contribution in [0.15, 0.2) is 53.4 Å². The second-order valence-electron chi connectivity index (χ2n) is 6.95. The molecule has 1 heterocycles. The molecule has 0 saturated carbocycles. The van der Waals surface area contributed by atoms with Gasteiger partial charge in [-0.15, -0.1) is 0 Å². The highest BCUT2D eigenvalue weighted by molar-refractivity contribution is 7.89. The predicted octanol–water partition coefficient (Wildman–Crippen LogP) is 3.75. The Balaban J connectivity index is 1.68. The summed E-state index contributed by atoms with van der Waals surface area (Å²) in [6.07, 6.45) is 1.56. The molecule has 3 rings (SSSR count). The van der Waals surface area contributed by atoms with E-state index >= 15 is 0 Å². The third-order valence-electron chi connectivity index (χ3n) is 4.33. The second kappa shape index (κ2) is 8.75. The van der Waals surface area contributed by atoms with E-state index in [4.69, 9.17) is 4.74 Å².